The number of benzene rings is 1. The number of anilines is 1. The van der Waals surface area contributed by atoms with Crippen molar-refractivity contribution in [2.45, 2.75) is 38.8 Å². The van der Waals surface area contributed by atoms with Gasteiger partial charge in [-0.05, 0) is 31.5 Å². The topological polar surface area (TPSA) is 103 Å². The van der Waals surface area contributed by atoms with Crippen LogP contribution in [0.25, 0.3) is 0 Å². The number of H-pyrrole nitrogens is 1. The fourth-order valence-electron chi connectivity index (χ4n) is 3.91. The van der Waals surface area contributed by atoms with Crippen molar-refractivity contribution < 1.29 is 9.59 Å². The number of aromatic nitrogens is 3. The zero-order valence-electron chi connectivity index (χ0n) is 17.4. The van der Waals surface area contributed by atoms with Crippen LogP contribution >= 0.6 is 11.3 Å². The number of hydrogen-bond donors (Lipinski definition) is 3. The minimum absolute atomic E-state index is 0.0919. The van der Waals surface area contributed by atoms with Gasteiger partial charge >= 0.3 is 0 Å². The first-order valence-corrected chi connectivity index (χ1v) is 11.3. The van der Waals surface area contributed by atoms with Crippen LogP contribution in [-0.4, -0.2) is 45.0 Å². The summed E-state index contributed by atoms with van der Waals surface area (Å²) in [5.74, 6) is 0.108. The van der Waals surface area contributed by atoms with Gasteiger partial charge in [-0.1, -0.05) is 18.2 Å². The lowest BCUT2D eigenvalue weighted by Gasteiger charge is -2.32. The highest BCUT2D eigenvalue weighted by atomic mass is 32.1. The lowest BCUT2D eigenvalue weighted by atomic mass is 9.94. The molecule has 31 heavy (non-hydrogen) atoms. The Balaban J connectivity index is 1.32. The first-order valence-electron chi connectivity index (χ1n) is 10.4. The molecule has 1 aromatic carbocycles. The van der Waals surface area contributed by atoms with Gasteiger partial charge in [0, 0.05) is 36.9 Å². The summed E-state index contributed by atoms with van der Waals surface area (Å²) < 4.78 is 0. The molecule has 162 valence electrons. The number of piperidine rings is 1. The van der Waals surface area contributed by atoms with Crippen molar-refractivity contribution in [1.29, 1.82) is 0 Å². The Morgan fingerprint density at radius 2 is 2.13 bits per heavy atom. The predicted molar refractivity (Wildman–Crippen MR) is 120 cm³/mol. The number of amides is 2. The van der Waals surface area contributed by atoms with E-state index in [9.17, 15) is 9.59 Å². The molecule has 3 heterocycles. The molecule has 3 aromatic rings. The zero-order chi connectivity index (χ0) is 21.6. The standard InChI is InChI=1S/C22H26N6O2S/c1-15(29)25-19-10-24-27-21(19)17-8-5-9-28(12-17)13-18-14-31-20(26-18)11-23-22(30)16-6-3-2-4-7-16/h2-4,6-7,10,14,17H,5,8-9,11-13H2,1H3,(H,23,30)(H,24,27)(H,25,29). The van der Waals surface area contributed by atoms with Gasteiger partial charge in [-0.15, -0.1) is 11.3 Å². The van der Waals surface area contributed by atoms with E-state index in [1.165, 1.54) is 6.92 Å². The van der Waals surface area contributed by atoms with Crippen molar-refractivity contribution in [3.8, 4) is 0 Å². The number of hydrogen-bond acceptors (Lipinski definition) is 6. The van der Waals surface area contributed by atoms with Crippen LogP contribution in [0.15, 0.2) is 41.9 Å². The summed E-state index contributed by atoms with van der Waals surface area (Å²) >= 11 is 1.57. The minimum Gasteiger partial charge on any atom is -0.346 e. The lowest BCUT2D eigenvalue weighted by molar-refractivity contribution is -0.114. The minimum atomic E-state index is -0.0929. The van der Waals surface area contributed by atoms with Gasteiger partial charge in [-0.2, -0.15) is 5.10 Å². The van der Waals surface area contributed by atoms with Crippen LogP contribution in [0.1, 0.15) is 52.4 Å². The molecule has 8 nitrogen and oxygen atoms in total. The van der Waals surface area contributed by atoms with Gasteiger partial charge < -0.3 is 10.6 Å². The van der Waals surface area contributed by atoms with Gasteiger partial charge in [-0.25, -0.2) is 4.98 Å². The van der Waals surface area contributed by atoms with E-state index in [0.29, 0.717) is 18.0 Å². The van der Waals surface area contributed by atoms with E-state index in [1.54, 1.807) is 29.7 Å². The largest absolute Gasteiger partial charge is 0.346 e. The van der Waals surface area contributed by atoms with Crippen LogP contribution in [-0.2, 0) is 17.9 Å². The SMILES string of the molecule is CC(=O)Nc1cn[nH]c1C1CCCN(Cc2csc(CNC(=O)c3ccccc3)n2)C1. The Hall–Kier alpha value is -3.04. The lowest BCUT2D eigenvalue weighted by Crippen LogP contribution is -2.34. The summed E-state index contributed by atoms with van der Waals surface area (Å²) in [6.45, 7) is 4.59. The van der Waals surface area contributed by atoms with Gasteiger partial charge in [0.2, 0.25) is 5.91 Å². The van der Waals surface area contributed by atoms with Crippen molar-refractivity contribution in [3.63, 3.8) is 0 Å². The number of likely N-dealkylation sites (tertiary alicyclic amines) is 1. The van der Waals surface area contributed by atoms with Crippen molar-refractivity contribution >= 4 is 28.8 Å². The van der Waals surface area contributed by atoms with Crippen LogP contribution in [0, 0.1) is 0 Å². The maximum absolute atomic E-state index is 12.2. The average molecular weight is 439 g/mol. The number of nitrogens with one attached hydrogen (secondary N) is 3. The van der Waals surface area contributed by atoms with Crippen LogP contribution < -0.4 is 10.6 Å². The van der Waals surface area contributed by atoms with Crippen molar-refractivity contribution in [2.75, 3.05) is 18.4 Å². The average Bonchev–Trinajstić information content (AvgIpc) is 3.42. The molecule has 0 radical (unpaired) electrons. The monoisotopic (exact) mass is 438 g/mol. The van der Waals surface area contributed by atoms with Crippen molar-refractivity contribution in [1.82, 2.24) is 25.4 Å². The summed E-state index contributed by atoms with van der Waals surface area (Å²) in [5, 5.41) is 15.9. The van der Waals surface area contributed by atoms with Crippen molar-refractivity contribution in [2.24, 2.45) is 0 Å². The first-order chi connectivity index (χ1) is 15.1. The highest BCUT2D eigenvalue weighted by Gasteiger charge is 2.25. The third kappa shape index (κ3) is 5.56. The number of nitrogens with zero attached hydrogens (tertiary/aromatic N) is 3. The van der Waals surface area contributed by atoms with Gasteiger partial charge in [0.25, 0.3) is 5.91 Å². The molecule has 9 heteroatoms. The summed E-state index contributed by atoms with van der Waals surface area (Å²) in [7, 11) is 0. The fraction of sp³-hybridized carbons (Fsp3) is 0.364. The van der Waals surface area contributed by atoms with E-state index in [1.807, 2.05) is 18.2 Å². The van der Waals surface area contributed by atoms with E-state index in [2.05, 4.69) is 31.1 Å². The fourth-order valence-corrected chi connectivity index (χ4v) is 4.64. The quantitative estimate of drug-likeness (QED) is 0.526. The predicted octanol–water partition coefficient (Wildman–Crippen LogP) is 3.13. The maximum Gasteiger partial charge on any atom is 0.251 e. The molecule has 0 aliphatic carbocycles. The molecule has 3 N–H and O–H groups in total. The van der Waals surface area contributed by atoms with Gasteiger partial charge in [-0.3, -0.25) is 19.6 Å². The van der Waals surface area contributed by atoms with Crippen LogP contribution in [0.4, 0.5) is 5.69 Å². The third-order valence-corrected chi connectivity index (χ3v) is 6.21. The van der Waals surface area contributed by atoms with Crippen LogP contribution in [0.2, 0.25) is 0 Å². The molecule has 1 atom stereocenters. The van der Waals surface area contributed by atoms with Gasteiger partial charge in [0.15, 0.2) is 0 Å². The van der Waals surface area contributed by atoms with Crippen LogP contribution in [0.3, 0.4) is 0 Å². The number of thiazole rings is 1. The second-order valence-electron chi connectivity index (χ2n) is 7.73. The van der Waals surface area contributed by atoms with Crippen LogP contribution in [0.5, 0.6) is 0 Å². The summed E-state index contributed by atoms with van der Waals surface area (Å²) in [6.07, 6.45) is 3.80. The van der Waals surface area contributed by atoms with E-state index in [4.69, 9.17) is 4.98 Å². The normalized spacial score (nSPS) is 16.7. The van der Waals surface area contributed by atoms with E-state index < -0.39 is 0 Å². The summed E-state index contributed by atoms with van der Waals surface area (Å²) in [4.78, 5) is 30.7. The Morgan fingerprint density at radius 3 is 2.94 bits per heavy atom. The molecular formula is C22H26N6O2S. The Kier molecular flexibility index (Phi) is 6.73. The second kappa shape index (κ2) is 9.84. The highest BCUT2D eigenvalue weighted by molar-refractivity contribution is 7.09. The maximum atomic E-state index is 12.2. The molecule has 0 saturated carbocycles. The van der Waals surface area contributed by atoms with Gasteiger partial charge in [0.05, 0.1) is 29.8 Å². The first kappa shape index (κ1) is 21.2. The Bertz CT molecular complexity index is 1030. The molecule has 1 aliphatic rings. The molecule has 1 saturated heterocycles. The van der Waals surface area contributed by atoms with E-state index >= 15 is 0 Å². The van der Waals surface area contributed by atoms with E-state index in [0.717, 1.165) is 54.6 Å². The third-order valence-electron chi connectivity index (χ3n) is 5.31. The van der Waals surface area contributed by atoms with Gasteiger partial charge in [0.1, 0.15) is 5.01 Å². The number of aromatic amines is 1. The van der Waals surface area contributed by atoms with Crippen molar-refractivity contribution in [3.05, 3.63) is 63.9 Å². The Morgan fingerprint density at radius 1 is 1.29 bits per heavy atom. The summed E-state index contributed by atoms with van der Waals surface area (Å²) in [5.41, 5.74) is 3.42. The zero-order valence-corrected chi connectivity index (χ0v) is 18.2. The smallest absolute Gasteiger partial charge is 0.251 e. The molecule has 1 fully saturated rings. The molecule has 1 unspecified atom stereocenters. The molecule has 0 spiro atoms. The molecule has 1 aliphatic heterocycles. The molecule has 2 amide bonds. The number of carbonyl (C=O) groups is 2. The molecule has 2 aromatic heterocycles. The second-order valence-corrected chi connectivity index (χ2v) is 8.68. The summed E-state index contributed by atoms with van der Waals surface area (Å²) in [6, 6.07) is 9.19. The Labute approximate surface area is 185 Å². The highest BCUT2D eigenvalue weighted by Crippen LogP contribution is 2.31. The molecule has 0 bridgehead atoms. The molecular weight excluding hydrogens is 412 g/mol. The van der Waals surface area contributed by atoms with E-state index in [-0.39, 0.29) is 11.8 Å². The number of carbonyl (C=O) groups excluding carboxylic acids is 2. The number of rotatable bonds is 7. The molecule has 4 rings (SSSR count).